The molecule has 22 heavy (non-hydrogen) atoms. The number of amides is 1. The van der Waals surface area contributed by atoms with Crippen LogP contribution in [0.1, 0.15) is 44.4 Å². The van der Waals surface area contributed by atoms with Gasteiger partial charge in [-0.3, -0.25) is 4.79 Å². The summed E-state index contributed by atoms with van der Waals surface area (Å²) in [4.78, 5) is 13.2. The molecule has 6 nitrogen and oxygen atoms in total. The van der Waals surface area contributed by atoms with Crippen molar-refractivity contribution in [1.29, 1.82) is 0 Å². The van der Waals surface area contributed by atoms with Gasteiger partial charge in [-0.05, 0) is 37.8 Å². The van der Waals surface area contributed by atoms with E-state index in [4.69, 9.17) is 4.42 Å². The monoisotopic (exact) mass is 326 g/mol. The summed E-state index contributed by atoms with van der Waals surface area (Å²) in [6, 6.07) is 3.42. The van der Waals surface area contributed by atoms with Crippen molar-refractivity contribution in [1.82, 2.24) is 9.21 Å². The summed E-state index contributed by atoms with van der Waals surface area (Å²) in [5.74, 6) is 0.657. The standard InChI is InChI=1S/C15H22N2O4S/c1-12(18)16-8-2-5-13(11-16)22(19,20)17-9-3-6-14(17)15-7-4-10-21-15/h4,7,10,13-14H,2-3,5-6,8-9,11H2,1H3/t13-,14-/m0/s1. The number of rotatable bonds is 3. The number of likely N-dealkylation sites (tertiary alicyclic amines) is 1. The average molecular weight is 326 g/mol. The van der Waals surface area contributed by atoms with Crippen molar-refractivity contribution >= 4 is 15.9 Å². The van der Waals surface area contributed by atoms with Gasteiger partial charge < -0.3 is 9.32 Å². The first kappa shape index (κ1) is 15.6. The zero-order valence-corrected chi connectivity index (χ0v) is 13.6. The van der Waals surface area contributed by atoms with Crippen LogP contribution in [0.15, 0.2) is 22.8 Å². The molecule has 0 bridgehead atoms. The van der Waals surface area contributed by atoms with E-state index >= 15 is 0 Å². The summed E-state index contributed by atoms with van der Waals surface area (Å²) >= 11 is 0. The molecule has 7 heteroatoms. The predicted molar refractivity (Wildman–Crippen MR) is 81.6 cm³/mol. The number of nitrogens with zero attached hydrogens (tertiary/aromatic N) is 2. The topological polar surface area (TPSA) is 70.8 Å². The molecule has 0 N–H and O–H groups in total. The number of hydrogen-bond donors (Lipinski definition) is 0. The van der Waals surface area contributed by atoms with Crippen LogP contribution < -0.4 is 0 Å². The summed E-state index contributed by atoms with van der Waals surface area (Å²) in [6.45, 7) is 2.99. The van der Waals surface area contributed by atoms with Crippen LogP contribution >= 0.6 is 0 Å². The molecular weight excluding hydrogens is 304 g/mol. The molecule has 0 spiro atoms. The fraction of sp³-hybridized carbons (Fsp3) is 0.667. The third-order valence-electron chi connectivity index (χ3n) is 4.65. The second-order valence-corrected chi connectivity index (χ2v) is 8.22. The molecule has 2 aliphatic rings. The predicted octanol–water partition coefficient (Wildman–Crippen LogP) is 1.76. The highest BCUT2D eigenvalue weighted by atomic mass is 32.2. The van der Waals surface area contributed by atoms with Crippen molar-refractivity contribution < 1.29 is 17.6 Å². The SMILES string of the molecule is CC(=O)N1CCC[C@H](S(=O)(=O)N2CCC[C@H]2c2ccco2)C1. The molecule has 122 valence electrons. The fourth-order valence-corrected chi connectivity index (χ4v) is 5.63. The lowest BCUT2D eigenvalue weighted by molar-refractivity contribution is -0.129. The first-order valence-electron chi connectivity index (χ1n) is 7.79. The quantitative estimate of drug-likeness (QED) is 0.848. The summed E-state index contributed by atoms with van der Waals surface area (Å²) in [5.41, 5.74) is 0. The van der Waals surface area contributed by atoms with Gasteiger partial charge in [0, 0.05) is 26.6 Å². The van der Waals surface area contributed by atoms with Crippen LogP contribution in [0.4, 0.5) is 0 Å². The molecule has 0 saturated carbocycles. The summed E-state index contributed by atoms with van der Waals surface area (Å²) in [7, 11) is -3.42. The molecule has 2 saturated heterocycles. The zero-order valence-electron chi connectivity index (χ0n) is 12.8. The lowest BCUT2D eigenvalue weighted by Gasteiger charge is -2.35. The molecule has 0 unspecified atom stereocenters. The van der Waals surface area contributed by atoms with Crippen molar-refractivity contribution in [3.05, 3.63) is 24.2 Å². The van der Waals surface area contributed by atoms with E-state index in [1.54, 1.807) is 21.5 Å². The van der Waals surface area contributed by atoms with Crippen LogP contribution in [-0.2, 0) is 14.8 Å². The second kappa shape index (κ2) is 6.04. The van der Waals surface area contributed by atoms with Gasteiger partial charge in [0.15, 0.2) is 0 Å². The smallest absolute Gasteiger partial charge is 0.219 e. The molecular formula is C15H22N2O4S. The lowest BCUT2D eigenvalue weighted by atomic mass is 10.1. The normalized spacial score (nSPS) is 27.2. The minimum atomic E-state index is -3.42. The Labute approximate surface area is 131 Å². The lowest BCUT2D eigenvalue weighted by Crippen LogP contribution is -2.48. The molecule has 0 aromatic carbocycles. The molecule has 2 aliphatic heterocycles. The number of piperidine rings is 1. The van der Waals surface area contributed by atoms with Crippen molar-refractivity contribution in [2.45, 2.75) is 43.9 Å². The first-order chi connectivity index (χ1) is 10.5. The number of sulfonamides is 1. The molecule has 0 aliphatic carbocycles. The maximum atomic E-state index is 13.0. The van der Waals surface area contributed by atoms with Gasteiger partial charge in [0.25, 0.3) is 0 Å². The molecule has 1 amide bonds. The van der Waals surface area contributed by atoms with Crippen LogP contribution in [0.25, 0.3) is 0 Å². The Morgan fingerprint density at radius 3 is 2.73 bits per heavy atom. The highest BCUT2D eigenvalue weighted by Crippen LogP contribution is 2.36. The van der Waals surface area contributed by atoms with Crippen molar-refractivity contribution in [3.8, 4) is 0 Å². The van der Waals surface area contributed by atoms with E-state index in [0.717, 1.165) is 19.3 Å². The van der Waals surface area contributed by atoms with Crippen LogP contribution in [0, 0.1) is 0 Å². The first-order valence-corrected chi connectivity index (χ1v) is 9.30. The molecule has 3 rings (SSSR count). The van der Waals surface area contributed by atoms with Gasteiger partial charge in [-0.1, -0.05) is 0 Å². The molecule has 1 aromatic rings. The molecule has 0 radical (unpaired) electrons. The van der Waals surface area contributed by atoms with Gasteiger partial charge in [0.1, 0.15) is 5.76 Å². The van der Waals surface area contributed by atoms with E-state index in [-0.39, 0.29) is 11.9 Å². The van der Waals surface area contributed by atoms with Gasteiger partial charge in [0.2, 0.25) is 15.9 Å². The maximum Gasteiger partial charge on any atom is 0.219 e. The van der Waals surface area contributed by atoms with E-state index in [2.05, 4.69) is 0 Å². The highest BCUT2D eigenvalue weighted by molar-refractivity contribution is 7.89. The van der Waals surface area contributed by atoms with Crippen LogP contribution in [0.2, 0.25) is 0 Å². The van der Waals surface area contributed by atoms with Crippen molar-refractivity contribution in [3.63, 3.8) is 0 Å². The van der Waals surface area contributed by atoms with Crippen LogP contribution in [-0.4, -0.2) is 48.4 Å². The largest absolute Gasteiger partial charge is 0.468 e. The molecule has 1 aromatic heterocycles. The third kappa shape index (κ3) is 2.79. The molecule has 2 fully saturated rings. The molecule has 2 atom stereocenters. The van der Waals surface area contributed by atoms with E-state index in [1.165, 1.54) is 6.92 Å². The average Bonchev–Trinajstić information content (AvgIpc) is 3.18. The number of furan rings is 1. The minimum Gasteiger partial charge on any atom is -0.468 e. The summed E-state index contributed by atoms with van der Waals surface area (Å²) in [6.07, 6.45) is 4.57. The minimum absolute atomic E-state index is 0.0519. The molecule has 3 heterocycles. The summed E-state index contributed by atoms with van der Waals surface area (Å²) in [5, 5.41) is -0.499. The van der Waals surface area contributed by atoms with Gasteiger partial charge in [0.05, 0.1) is 17.6 Å². The van der Waals surface area contributed by atoms with E-state index < -0.39 is 15.3 Å². The number of carbonyl (C=O) groups is 1. The Bertz CT molecular complexity index is 626. The zero-order chi connectivity index (χ0) is 15.7. The van der Waals surface area contributed by atoms with E-state index in [9.17, 15) is 13.2 Å². The van der Waals surface area contributed by atoms with E-state index in [1.807, 2.05) is 6.07 Å². The maximum absolute atomic E-state index is 13.0. The number of hydrogen-bond acceptors (Lipinski definition) is 4. The van der Waals surface area contributed by atoms with Crippen LogP contribution in [0.5, 0.6) is 0 Å². The van der Waals surface area contributed by atoms with Gasteiger partial charge in [-0.2, -0.15) is 4.31 Å². The third-order valence-corrected chi connectivity index (χ3v) is 6.96. The van der Waals surface area contributed by atoms with Gasteiger partial charge in [-0.25, -0.2) is 8.42 Å². The Morgan fingerprint density at radius 1 is 1.27 bits per heavy atom. The van der Waals surface area contributed by atoms with Gasteiger partial charge in [-0.15, -0.1) is 0 Å². The highest BCUT2D eigenvalue weighted by Gasteiger charge is 2.42. The van der Waals surface area contributed by atoms with Crippen LogP contribution in [0.3, 0.4) is 0 Å². The summed E-state index contributed by atoms with van der Waals surface area (Å²) < 4.78 is 33.0. The fourth-order valence-electron chi connectivity index (χ4n) is 3.47. The van der Waals surface area contributed by atoms with Gasteiger partial charge >= 0.3 is 0 Å². The van der Waals surface area contributed by atoms with E-state index in [0.29, 0.717) is 31.8 Å². The van der Waals surface area contributed by atoms with Crippen molar-refractivity contribution in [2.75, 3.05) is 19.6 Å². The Balaban J connectivity index is 1.81. The Kier molecular flexibility index (Phi) is 4.27. The number of carbonyl (C=O) groups excluding carboxylic acids is 1. The second-order valence-electron chi connectivity index (χ2n) is 6.06. The Hall–Kier alpha value is -1.34. The van der Waals surface area contributed by atoms with Crippen molar-refractivity contribution in [2.24, 2.45) is 0 Å². The Morgan fingerprint density at radius 2 is 2.05 bits per heavy atom.